The first kappa shape index (κ1) is 12.2. The molecule has 17 heavy (non-hydrogen) atoms. The van der Waals surface area contributed by atoms with Gasteiger partial charge < -0.3 is 4.74 Å². The number of ketones is 1. The fraction of sp³-hybridized carbons (Fsp3) is 0.154. The van der Waals surface area contributed by atoms with Gasteiger partial charge in [-0.25, -0.2) is 0 Å². The molecule has 0 saturated heterocycles. The molecule has 0 spiro atoms. The van der Waals surface area contributed by atoms with Crippen LogP contribution >= 0.6 is 23.1 Å². The Morgan fingerprint density at radius 3 is 2.41 bits per heavy atom. The highest BCUT2D eigenvalue weighted by Gasteiger charge is 2.05. The Hall–Kier alpha value is -1.26. The fourth-order valence-electron chi connectivity index (χ4n) is 1.32. The zero-order chi connectivity index (χ0) is 12.3. The van der Waals surface area contributed by atoms with Crippen LogP contribution in [0, 0.1) is 0 Å². The van der Waals surface area contributed by atoms with E-state index in [0.717, 1.165) is 19.7 Å². The summed E-state index contributed by atoms with van der Waals surface area (Å²) in [6.07, 6.45) is 0. The van der Waals surface area contributed by atoms with Crippen LogP contribution in [0.3, 0.4) is 0 Å². The van der Waals surface area contributed by atoms with E-state index in [9.17, 15) is 4.79 Å². The molecule has 0 N–H and O–H groups in total. The van der Waals surface area contributed by atoms with Crippen molar-refractivity contribution in [3.8, 4) is 5.75 Å². The number of benzene rings is 1. The summed E-state index contributed by atoms with van der Waals surface area (Å²) in [6.45, 7) is 1.59. The van der Waals surface area contributed by atoms with Crippen LogP contribution in [0.5, 0.6) is 5.75 Å². The molecule has 2 nitrogen and oxygen atoms in total. The highest BCUT2D eigenvalue weighted by Crippen LogP contribution is 2.34. The lowest BCUT2D eigenvalue weighted by Crippen LogP contribution is -1.83. The number of hydrogen-bond acceptors (Lipinski definition) is 4. The van der Waals surface area contributed by atoms with Crippen LogP contribution in [-0.2, 0) is 0 Å². The smallest absolute Gasteiger partial charge is 0.169 e. The molecule has 1 heterocycles. The number of hydrogen-bond donors (Lipinski definition) is 0. The van der Waals surface area contributed by atoms with Gasteiger partial charge in [-0.2, -0.15) is 0 Å². The number of Topliss-reactive ketones (excluding diaryl/α,β-unsaturated/α-hetero) is 1. The van der Waals surface area contributed by atoms with E-state index < -0.39 is 0 Å². The highest BCUT2D eigenvalue weighted by atomic mass is 32.2. The van der Waals surface area contributed by atoms with Crippen molar-refractivity contribution in [1.29, 1.82) is 0 Å². The first-order chi connectivity index (χ1) is 8.19. The molecule has 0 radical (unpaired) electrons. The number of ether oxygens (including phenoxy) is 1. The second kappa shape index (κ2) is 5.38. The number of methoxy groups -OCH3 is 1. The molecule has 1 aromatic heterocycles. The topological polar surface area (TPSA) is 26.3 Å². The van der Waals surface area contributed by atoms with Crippen LogP contribution in [0.4, 0.5) is 0 Å². The summed E-state index contributed by atoms with van der Waals surface area (Å²) >= 11 is 3.18. The molecular formula is C13H12O2S2. The first-order valence-electron chi connectivity index (χ1n) is 5.12. The van der Waals surface area contributed by atoms with E-state index in [0.29, 0.717) is 0 Å². The minimum absolute atomic E-state index is 0.122. The molecule has 0 aliphatic heterocycles. The molecule has 0 atom stereocenters. The maximum Gasteiger partial charge on any atom is 0.169 e. The summed E-state index contributed by atoms with van der Waals surface area (Å²) in [4.78, 5) is 13.1. The summed E-state index contributed by atoms with van der Waals surface area (Å²) in [7, 11) is 1.65. The second-order valence-electron chi connectivity index (χ2n) is 3.45. The van der Waals surface area contributed by atoms with E-state index in [1.54, 1.807) is 25.8 Å². The molecular weight excluding hydrogens is 252 g/mol. The molecule has 0 unspecified atom stereocenters. The van der Waals surface area contributed by atoms with Crippen LogP contribution < -0.4 is 4.74 Å². The number of carbonyl (C=O) groups excluding carboxylic acids is 1. The predicted molar refractivity (Wildman–Crippen MR) is 71.4 cm³/mol. The second-order valence-corrected chi connectivity index (χ2v) is 5.91. The summed E-state index contributed by atoms with van der Waals surface area (Å²) < 4.78 is 6.23. The molecule has 0 aliphatic carbocycles. The average molecular weight is 264 g/mol. The van der Waals surface area contributed by atoms with Crippen LogP contribution in [0.25, 0.3) is 0 Å². The van der Waals surface area contributed by atoms with Crippen molar-refractivity contribution < 1.29 is 9.53 Å². The summed E-state index contributed by atoms with van der Waals surface area (Å²) in [5.74, 6) is 0.974. The quantitative estimate of drug-likeness (QED) is 0.777. The number of carbonyl (C=O) groups is 1. The predicted octanol–water partition coefficient (Wildman–Crippen LogP) is 4.11. The molecule has 2 rings (SSSR count). The van der Waals surface area contributed by atoms with Gasteiger partial charge in [-0.3, -0.25) is 4.79 Å². The Morgan fingerprint density at radius 2 is 1.88 bits per heavy atom. The van der Waals surface area contributed by atoms with Crippen molar-refractivity contribution in [2.24, 2.45) is 0 Å². The standard InChI is InChI=1S/C13H12O2S2/c1-9(14)12-7-8-13(17-12)16-11-5-3-10(15-2)4-6-11/h3-8H,1-2H3. The highest BCUT2D eigenvalue weighted by molar-refractivity contribution is 8.01. The van der Waals surface area contributed by atoms with E-state index in [1.807, 2.05) is 36.4 Å². The molecule has 2 aromatic rings. The Kier molecular flexibility index (Phi) is 3.86. The molecule has 4 heteroatoms. The average Bonchev–Trinajstić information content (AvgIpc) is 2.79. The van der Waals surface area contributed by atoms with Gasteiger partial charge in [0.25, 0.3) is 0 Å². The van der Waals surface area contributed by atoms with E-state index in [4.69, 9.17) is 4.74 Å². The van der Waals surface area contributed by atoms with Gasteiger partial charge in [0.1, 0.15) is 5.75 Å². The Labute approximate surface area is 109 Å². The van der Waals surface area contributed by atoms with Crippen molar-refractivity contribution in [3.05, 3.63) is 41.3 Å². The van der Waals surface area contributed by atoms with E-state index in [-0.39, 0.29) is 5.78 Å². The Morgan fingerprint density at radius 1 is 1.18 bits per heavy atom. The third-order valence-electron chi connectivity index (χ3n) is 2.21. The minimum Gasteiger partial charge on any atom is -0.497 e. The molecule has 0 bridgehead atoms. The molecule has 0 fully saturated rings. The molecule has 0 amide bonds. The number of rotatable bonds is 4. The van der Waals surface area contributed by atoms with Gasteiger partial charge in [0.15, 0.2) is 5.78 Å². The van der Waals surface area contributed by atoms with Gasteiger partial charge in [-0.05, 0) is 43.3 Å². The first-order valence-corrected chi connectivity index (χ1v) is 6.75. The van der Waals surface area contributed by atoms with Gasteiger partial charge in [0.2, 0.25) is 0 Å². The van der Waals surface area contributed by atoms with Gasteiger partial charge in [-0.15, -0.1) is 11.3 Å². The zero-order valence-electron chi connectivity index (χ0n) is 9.60. The lowest BCUT2D eigenvalue weighted by molar-refractivity contribution is 0.102. The Bertz CT molecular complexity index is 514. The molecule has 0 aliphatic rings. The van der Waals surface area contributed by atoms with Crippen molar-refractivity contribution >= 4 is 28.9 Å². The monoisotopic (exact) mass is 264 g/mol. The summed E-state index contributed by atoms with van der Waals surface area (Å²) in [6, 6.07) is 11.7. The molecule has 88 valence electrons. The zero-order valence-corrected chi connectivity index (χ0v) is 11.2. The molecule has 1 aromatic carbocycles. The van der Waals surface area contributed by atoms with Crippen molar-refractivity contribution in [2.45, 2.75) is 16.0 Å². The van der Waals surface area contributed by atoms with Crippen molar-refractivity contribution in [1.82, 2.24) is 0 Å². The van der Waals surface area contributed by atoms with Crippen molar-refractivity contribution in [3.63, 3.8) is 0 Å². The third-order valence-corrected chi connectivity index (χ3v) is 4.53. The van der Waals surface area contributed by atoms with Gasteiger partial charge >= 0.3 is 0 Å². The minimum atomic E-state index is 0.122. The van der Waals surface area contributed by atoms with Crippen molar-refractivity contribution in [2.75, 3.05) is 7.11 Å². The lowest BCUT2D eigenvalue weighted by Gasteiger charge is -2.01. The number of thiophene rings is 1. The SMILES string of the molecule is COc1ccc(Sc2ccc(C(C)=O)s2)cc1. The van der Waals surface area contributed by atoms with E-state index in [1.165, 1.54) is 11.3 Å². The van der Waals surface area contributed by atoms with Gasteiger partial charge in [0.05, 0.1) is 16.2 Å². The van der Waals surface area contributed by atoms with Gasteiger partial charge in [-0.1, -0.05) is 11.8 Å². The molecule has 0 saturated carbocycles. The van der Waals surface area contributed by atoms with Crippen LogP contribution in [0.15, 0.2) is 45.5 Å². The largest absolute Gasteiger partial charge is 0.497 e. The maximum atomic E-state index is 11.2. The van der Waals surface area contributed by atoms with E-state index >= 15 is 0 Å². The summed E-state index contributed by atoms with van der Waals surface area (Å²) in [5, 5.41) is 0. The summed E-state index contributed by atoms with van der Waals surface area (Å²) in [5.41, 5.74) is 0. The lowest BCUT2D eigenvalue weighted by atomic mass is 10.3. The van der Waals surface area contributed by atoms with Crippen LogP contribution in [0.2, 0.25) is 0 Å². The Balaban J connectivity index is 2.11. The van der Waals surface area contributed by atoms with Gasteiger partial charge in [0, 0.05) is 4.90 Å². The third kappa shape index (κ3) is 3.11. The van der Waals surface area contributed by atoms with Crippen LogP contribution in [0.1, 0.15) is 16.6 Å². The maximum absolute atomic E-state index is 11.2. The fourth-order valence-corrected chi connectivity index (χ4v) is 3.32. The van der Waals surface area contributed by atoms with Crippen LogP contribution in [-0.4, -0.2) is 12.9 Å². The van der Waals surface area contributed by atoms with E-state index in [2.05, 4.69) is 0 Å². The normalized spacial score (nSPS) is 10.2.